The molecule has 0 heterocycles. The highest BCUT2D eigenvalue weighted by Crippen LogP contribution is 2.38. The maximum atomic E-state index is 13.1. The molecule has 0 N–H and O–H groups in total. The Hall–Kier alpha value is -2.15. The summed E-state index contributed by atoms with van der Waals surface area (Å²) < 4.78 is 0. The number of hydrogen-bond donors (Lipinski definition) is 0. The van der Waals surface area contributed by atoms with Crippen LogP contribution in [0.1, 0.15) is 93.4 Å². The number of hydrogen-bond acceptors (Lipinski definition) is 1. The zero-order valence-electron chi connectivity index (χ0n) is 19.0. The van der Waals surface area contributed by atoms with Crippen LogP contribution < -0.4 is 0 Å². The van der Waals surface area contributed by atoms with Gasteiger partial charge in [-0.05, 0) is 78.7 Å². The Kier molecular flexibility index (Phi) is 8.49. The first kappa shape index (κ1) is 22.5. The zero-order chi connectivity index (χ0) is 21.3. The third-order valence-electron chi connectivity index (χ3n) is 6.79. The van der Waals surface area contributed by atoms with Crippen molar-refractivity contribution in [2.75, 3.05) is 0 Å². The second kappa shape index (κ2) is 11.3. The smallest absolute Gasteiger partial charge is 0.140 e. The molecule has 0 aromatic heterocycles. The first-order valence-electron chi connectivity index (χ1n) is 12.0. The number of allylic oxidation sites excluding steroid dienone is 1. The molecule has 1 aliphatic carbocycles. The van der Waals surface area contributed by atoms with Crippen molar-refractivity contribution in [3.63, 3.8) is 0 Å². The summed E-state index contributed by atoms with van der Waals surface area (Å²) in [7, 11) is 0. The van der Waals surface area contributed by atoms with Gasteiger partial charge < -0.3 is 0 Å². The maximum Gasteiger partial charge on any atom is 0.140 e. The molecule has 0 unspecified atom stereocenters. The molecule has 0 saturated heterocycles. The van der Waals surface area contributed by atoms with Crippen LogP contribution in [0.2, 0.25) is 0 Å². The summed E-state index contributed by atoms with van der Waals surface area (Å²) in [6, 6.07) is 17.3. The topological polar surface area (TPSA) is 17.1 Å². The molecule has 0 atom stereocenters. The van der Waals surface area contributed by atoms with Gasteiger partial charge in [-0.2, -0.15) is 0 Å². The van der Waals surface area contributed by atoms with Crippen LogP contribution in [0.5, 0.6) is 0 Å². The SMILES string of the molecule is C=C(CCCC)c1ccccc1CC(=O)C1CCC(c2ccccc2CCC)CC1. The summed E-state index contributed by atoms with van der Waals surface area (Å²) in [6.07, 6.45) is 10.6. The maximum absolute atomic E-state index is 13.1. The van der Waals surface area contributed by atoms with Gasteiger partial charge in [0.1, 0.15) is 5.78 Å². The predicted octanol–water partition coefficient (Wildman–Crippen LogP) is 7.93. The molecule has 1 heteroatoms. The van der Waals surface area contributed by atoms with Crippen molar-refractivity contribution >= 4 is 11.4 Å². The number of ketones is 1. The van der Waals surface area contributed by atoms with E-state index in [2.05, 4.69) is 69.0 Å². The summed E-state index contributed by atoms with van der Waals surface area (Å²) >= 11 is 0. The van der Waals surface area contributed by atoms with Gasteiger partial charge in [0.15, 0.2) is 0 Å². The van der Waals surface area contributed by atoms with Gasteiger partial charge in [-0.3, -0.25) is 4.79 Å². The lowest BCUT2D eigenvalue weighted by atomic mass is 9.75. The minimum Gasteiger partial charge on any atom is -0.299 e. The fraction of sp³-hybridized carbons (Fsp3) is 0.483. The van der Waals surface area contributed by atoms with E-state index in [4.69, 9.17) is 0 Å². The standard InChI is InChI=1S/C29H38O/c1-4-6-12-22(3)27-15-9-8-14-26(27)21-29(30)25-19-17-24(18-20-25)28-16-10-7-13-23(28)11-5-2/h7-10,13-16,24-25H,3-6,11-12,17-21H2,1-2H3. The van der Waals surface area contributed by atoms with Crippen LogP contribution in [0, 0.1) is 5.92 Å². The quantitative estimate of drug-likeness (QED) is 0.394. The lowest BCUT2D eigenvalue weighted by Crippen LogP contribution is -2.23. The number of aryl methyl sites for hydroxylation is 1. The molecule has 2 aromatic rings. The number of carbonyl (C=O) groups excluding carboxylic acids is 1. The normalized spacial score (nSPS) is 18.9. The van der Waals surface area contributed by atoms with Crippen LogP contribution in [0.15, 0.2) is 55.1 Å². The summed E-state index contributed by atoms with van der Waals surface area (Å²) in [5.41, 5.74) is 6.58. The first-order valence-corrected chi connectivity index (χ1v) is 12.0. The van der Waals surface area contributed by atoms with Crippen molar-refractivity contribution in [2.45, 2.75) is 84.0 Å². The third-order valence-corrected chi connectivity index (χ3v) is 6.79. The van der Waals surface area contributed by atoms with Crippen molar-refractivity contribution in [1.82, 2.24) is 0 Å². The summed E-state index contributed by atoms with van der Waals surface area (Å²) in [6.45, 7) is 8.76. The average Bonchev–Trinajstić information content (AvgIpc) is 2.78. The fourth-order valence-electron chi connectivity index (χ4n) is 5.03. The Morgan fingerprint density at radius 1 is 0.900 bits per heavy atom. The van der Waals surface area contributed by atoms with E-state index in [0.717, 1.165) is 44.9 Å². The van der Waals surface area contributed by atoms with Crippen LogP contribution >= 0.6 is 0 Å². The zero-order valence-corrected chi connectivity index (χ0v) is 19.0. The van der Waals surface area contributed by atoms with Crippen LogP contribution in [0.25, 0.3) is 5.57 Å². The van der Waals surface area contributed by atoms with Crippen LogP contribution in [0.3, 0.4) is 0 Å². The van der Waals surface area contributed by atoms with Crippen LogP contribution in [-0.2, 0) is 17.6 Å². The molecule has 3 rings (SSSR count). The predicted molar refractivity (Wildman–Crippen MR) is 129 cm³/mol. The second-order valence-corrected chi connectivity index (χ2v) is 9.00. The van der Waals surface area contributed by atoms with E-state index in [1.807, 2.05) is 0 Å². The fourth-order valence-corrected chi connectivity index (χ4v) is 5.03. The van der Waals surface area contributed by atoms with Gasteiger partial charge in [-0.25, -0.2) is 0 Å². The molecule has 2 aromatic carbocycles. The summed E-state index contributed by atoms with van der Waals surface area (Å²) in [4.78, 5) is 13.1. The summed E-state index contributed by atoms with van der Waals surface area (Å²) in [5.74, 6) is 1.26. The molecule has 160 valence electrons. The van der Waals surface area contributed by atoms with Crippen molar-refractivity contribution in [1.29, 1.82) is 0 Å². The van der Waals surface area contributed by atoms with Gasteiger partial charge >= 0.3 is 0 Å². The van der Waals surface area contributed by atoms with E-state index in [-0.39, 0.29) is 5.92 Å². The number of unbranched alkanes of at least 4 members (excludes halogenated alkanes) is 1. The Balaban J connectivity index is 1.61. The van der Waals surface area contributed by atoms with E-state index < -0.39 is 0 Å². The van der Waals surface area contributed by atoms with Gasteiger partial charge in [-0.15, -0.1) is 0 Å². The summed E-state index contributed by atoms with van der Waals surface area (Å²) in [5, 5.41) is 0. The highest BCUT2D eigenvalue weighted by atomic mass is 16.1. The lowest BCUT2D eigenvalue weighted by molar-refractivity contribution is -0.123. The lowest BCUT2D eigenvalue weighted by Gasteiger charge is -2.29. The molecule has 0 aliphatic heterocycles. The Morgan fingerprint density at radius 3 is 2.27 bits per heavy atom. The second-order valence-electron chi connectivity index (χ2n) is 9.00. The molecular formula is C29H38O. The number of Topliss-reactive ketones (excluding diaryl/α,β-unsaturated/α-hetero) is 1. The molecule has 0 spiro atoms. The molecule has 1 aliphatic rings. The Bertz CT molecular complexity index is 839. The number of carbonyl (C=O) groups is 1. The Morgan fingerprint density at radius 2 is 1.57 bits per heavy atom. The van der Waals surface area contributed by atoms with Crippen molar-refractivity contribution in [3.05, 3.63) is 77.4 Å². The molecular weight excluding hydrogens is 364 g/mol. The van der Waals surface area contributed by atoms with E-state index in [1.54, 1.807) is 0 Å². The van der Waals surface area contributed by atoms with Gasteiger partial charge in [0.2, 0.25) is 0 Å². The van der Waals surface area contributed by atoms with Crippen molar-refractivity contribution in [3.8, 4) is 0 Å². The molecule has 0 amide bonds. The third kappa shape index (κ3) is 5.72. The van der Waals surface area contributed by atoms with Gasteiger partial charge in [0.05, 0.1) is 0 Å². The number of rotatable bonds is 10. The molecule has 1 nitrogen and oxygen atoms in total. The van der Waals surface area contributed by atoms with E-state index in [0.29, 0.717) is 18.1 Å². The van der Waals surface area contributed by atoms with E-state index in [9.17, 15) is 4.79 Å². The van der Waals surface area contributed by atoms with Crippen LogP contribution in [0.4, 0.5) is 0 Å². The van der Waals surface area contributed by atoms with Crippen molar-refractivity contribution in [2.24, 2.45) is 5.92 Å². The first-order chi connectivity index (χ1) is 14.6. The molecule has 30 heavy (non-hydrogen) atoms. The molecule has 0 bridgehead atoms. The van der Waals surface area contributed by atoms with Crippen molar-refractivity contribution < 1.29 is 4.79 Å². The minimum absolute atomic E-state index is 0.219. The number of benzene rings is 2. The molecule has 1 fully saturated rings. The minimum atomic E-state index is 0.219. The monoisotopic (exact) mass is 402 g/mol. The van der Waals surface area contributed by atoms with Gasteiger partial charge in [0, 0.05) is 12.3 Å². The Labute approximate surface area is 183 Å². The van der Waals surface area contributed by atoms with Crippen LogP contribution in [-0.4, -0.2) is 5.78 Å². The van der Waals surface area contributed by atoms with E-state index in [1.165, 1.54) is 40.7 Å². The van der Waals surface area contributed by atoms with Gasteiger partial charge in [-0.1, -0.05) is 81.8 Å². The largest absolute Gasteiger partial charge is 0.299 e. The van der Waals surface area contributed by atoms with E-state index >= 15 is 0 Å². The average molecular weight is 403 g/mol. The highest BCUT2D eigenvalue weighted by molar-refractivity contribution is 5.85. The molecule has 1 saturated carbocycles. The molecule has 0 radical (unpaired) electrons. The van der Waals surface area contributed by atoms with Gasteiger partial charge in [0.25, 0.3) is 0 Å². The highest BCUT2D eigenvalue weighted by Gasteiger charge is 2.28.